The number of hydrogen-bond acceptors (Lipinski definition) is 1. The van der Waals surface area contributed by atoms with E-state index in [1.165, 1.54) is 33.6 Å². The van der Waals surface area contributed by atoms with Crippen molar-refractivity contribution in [2.75, 3.05) is 11.4 Å². The summed E-state index contributed by atoms with van der Waals surface area (Å²) in [5.74, 6) is 0. The average Bonchev–Trinajstić information content (AvgIpc) is 2.81. The van der Waals surface area contributed by atoms with Crippen LogP contribution in [0.25, 0.3) is 11.6 Å². The van der Waals surface area contributed by atoms with E-state index in [9.17, 15) is 0 Å². The van der Waals surface area contributed by atoms with Crippen molar-refractivity contribution >= 4 is 23.0 Å². The van der Waals surface area contributed by atoms with E-state index in [1.807, 2.05) is 0 Å². The lowest BCUT2D eigenvalue weighted by Gasteiger charge is -2.25. The minimum Gasteiger partial charge on any atom is -0.341 e. The third kappa shape index (κ3) is 4.30. The van der Waals surface area contributed by atoms with Gasteiger partial charge >= 0.3 is 0 Å². The number of para-hydroxylation sites is 2. The van der Waals surface area contributed by atoms with Crippen LogP contribution in [0.15, 0.2) is 115 Å². The van der Waals surface area contributed by atoms with E-state index in [4.69, 9.17) is 0 Å². The van der Waals surface area contributed by atoms with E-state index < -0.39 is 0 Å². The maximum atomic E-state index is 2.36. The van der Waals surface area contributed by atoms with Gasteiger partial charge in [0.2, 0.25) is 0 Å². The van der Waals surface area contributed by atoms with Crippen molar-refractivity contribution < 1.29 is 0 Å². The Morgan fingerprint density at radius 2 is 1.10 bits per heavy atom. The van der Waals surface area contributed by atoms with Crippen LogP contribution in [0.4, 0.5) is 11.4 Å². The maximum Gasteiger partial charge on any atom is 0.0484 e. The van der Waals surface area contributed by atoms with E-state index in [1.54, 1.807) is 0 Å². The molecule has 0 heterocycles. The molecule has 0 aliphatic rings. The van der Waals surface area contributed by atoms with Crippen LogP contribution in [-0.4, -0.2) is 6.54 Å². The van der Waals surface area contributed by atoms with Crippen LogP contribution in [0, 0.1) is 0 Å². The van der Waals surface area contributed by atoms with Gasteiger partial charge in [-0.1, -0.05) is 97.1 Å². The first-order valence-electron chi connectivity index (χ1n) is 10.1. The summed E-state index contributed by atoms with van der Waals surface area (Å²) in [6.45, 7) is 3.10. The summed E-state index contributed by atoms with van der Waals surface area (Å²) >= 11 is 0. The first-order chi connectivity index (χ1) is 14.4. The summed E-state index contributed by atoms with van der Waals surface area (Å²) < 4.78 is 0. The van der Waals surface area contributed by atoms with Gasteiger partial charge < -0.3 is 4.90 Å². The molecule has 0 atom stereocenters. The molecule has 0 saturated carbocycles. The largest absolute Gasteiger partial charge is 0.341 e. The molecule has 0 fully saturated rings. The Morgan fingerprint density at radius 1 is 0.621 bits per heavy atom. The number of nitrogens with zero attached hydrogens (tertiary/aromatic N) is 1. The van der Waals surface area contributed by atoms with Gasteiger partial charge in [-0.15, -0.1) is 0 Å². The molecule has 0 N–H and O–H groups in total. The third-order valence-corrected chi connectivity index (χ3v) is 5.08. The Morgan fingerprint density at radius 3 is 1.66 bits per heavy atom. The highest BCUT2D eigenvalue weighted by Crippen LogP contribution is 2.33. The van der Waals surface area contributed by atoms with Gasteiger partial charge in [-0.25, -0.2) is 0 Å². The number of rotatable bonds is 6. The molecule has 29 heavy (non-hydrogen) atoms. The molecular formula is C28H25N. The molecule has 0 saturated heterocycles. The van der Waals surface area contributed by atoms with Gasteiger partial charge in [0.15, 0.2) is 0 Å². The summed E-state index contributed by atoms with van der Waals surface area (Å²) in [5, 5.41) is 0. The molecule has 1 nitrogen and oxygen atoms in total. The second-order valence-corrected chi connectivity index (χ2v) is 6.93. The van der Waals surface area contributed by atoms with Crippen molar-refractivity contribution in [2.24, 2.45) is 0 Å². The lowest BCUT2D eigenvalue weighted by molar-refractivity contribution is 1.02. The smallest absolute Gasteiger partial charge is 0.0484 e. The van der Waals surface area contributed by atoms with Crippen LogP contribution in [0.3, 0.4) is 0 Å². The lowest BCUT2D eigenvalue weighted by atomic mass is 9.95. The van der Waals surface area contributed by atoms with Crippen molar-refractivity contribution in [3.05, 3.63) is 132 Å². The van der Waals surface area contributed by atoms with Crippen LogP contribution >= 0.6 is 0 Å². The van der Waals surface area contributed by atoms with Crippen molar-refractivity contribution in [3.63, 3.8) is 0 Å². The Labute approximate surface area is 173 Å². The molecule has 4 rings (SSSR count). The standard InChI is InChI=1S/C28H25N/c1-2-29(26-19-10-5-11-20-26)28-21-13-12-18-25(28)22-27(23-14-6-3-7-15-23)24-16-8-4-9-17-24/h3-22H,2H2,1H3. The Hall–Kier alpha value is -3.58. The van der Waals surface area contributed by atoms with Crippen molar-refractivity contribution in [3.8, 4) is 0 Å². The zero-order valence-electron chi connectivity index (χ0n) is 16.7. The molecule has 0 radical (unpaired) electrons. The highest BCUT2D eigenvalue weighted by Gasteiger charge is 2.12. The topological polar surface area (TPSA) is 3.24 Å². The molecule has 0 aliphatic heterocycles. The number of hydrogen-bond donors (Lipinski definition) is 0. The van der Waals surface area contributed by atoms with Crippen LogP contribution < -0.4 is 4.90 Å². The molecule has 1 heteroatoms. The molecule has 0 unspecified atom stereocenters. The average molecular weight is 376 g/mol. The zero-order chi connectivity index (χ0) is 19.9. The zero-order valence-corrected chi connectivity index (χ0v) is 16.7. The van der Waals surface area contributed by atoms with Crippen LogP contribution in [0.1, 0.15) is 23.6 Å². The van der Waals surface area contributed by atoms with E-state index in [-0.39, 0.29) is 0 Å². The minimum atomic E-state index is 0.904. The highest BCUT2D eigenvalue weighted by molar-refractivity contribution is 5.94. The molecular weight excluding hydrogens is 350 g/mol. The van der Waals surface area contributed by atoms with Crippen LogP contribution in [0.2, 0.25) is 0 Å². The van der Waals surface area contributed by atoms with Crippen LogP contribution in [-0.2, 0) is 0 Å². The minimum absolute atomic E-state index is 0.904. The van der Waals surface area contributed by atoms with Gasteiger partial charge in [0.05, 0.1) is 0 Å². The summed E-state index contributed by atoms with van der Waals surface area (Å²) in [6, 6.07) is 40.4. The Balaban J connectivity index is 1.86. The first-order valence-corrected chi connectivity index (χ1v) is 10.1. The normalized spacial score (nSPS) is 10.4. The summed E-state index contributed by atoms with van der Waals surface area (Å²) in [5.41, 5.74) is 7.29. The predicted molar refractivity (Wildman–Crippen MR) is 125 cm³/mol. The van der Waals surface area contributed by atoms with Crippen molar-refractivity contribution in [1.29, 1.82) is 0 Å². The monoisotopic (exact) mass is 375 g/mol. The van der Waals surface area contributed by atoms with E-state index >= 15 is 0 Å². The Kier molecular flexibility index (Phi) is 5.87. The predicted octanol–water partition coefficient (Wildman–Crippen LogP) is 7.43. The third-order valence-electron chi connectivity index (χ3n) is 5.08. The molecule has 0 aromatic heterocycles. The van der Waals surface area contributed by atoms with Crippen molar-refractivity contribution in [1.82, 2.24) is 0 Å². The molecule has 142 valence electrons. The van der Waals surface area contributed by atoms with Gasteiger partial charge in [-0.3, -0.25) is 0 Å². The molecule has 4 aromatic carbocycles. The maximum absolute atomic E-state index is 2.36. The molecule has 0 aliphatic carbocycles. The fourth-order valence-electron chi connectivity index (χ4n) is 3.68. The molecule has 0 bridgehead atoms. The van der Waals surface area contributed by atoms with Gasteiger partial charge in [0.1, 0.15) is 0 Å². The van der Waals surface area contributed by atoms with Gasteiger partial charge in [0, 0.05) is 17.9 Å². The first kappa shape index (κ1) is 18.8. The SMILES string of the molecule is CCN(c1ccccc1)c1ccccc1C=C(c1ccccc1)c1ccccc1. The molecule has 4 aromatic rings. The quantitative estimate of drug-likeness (QED) is 0.317. The summed E-state index contributed by atoms with van der Waals surface area (Å²) in [7, 11) is 0. The summed E-state index contributed by atoms with van der Waals surface area (Å²) in [4.78, 5) is 2.36. The van der Waals surface area contributed by atoms with E-state index in [0.717, 1.165) is 6.54 Å². The van der Waals surface area contributed by atoms with E-state index in [0.29, 0.717) is 0 Å². The van der Waals surface area contributed by atoms with E-state index in [2.05, 4.69) is 133 Å². The number of anilines is 2. The summed E-state index contributed by atoms with van der Waals surface area (Å²) in [6.07, 6.45) is 2.31. The Bertz CT molecular complexity index is 1030. The van der Waals surface area contributed by atoms with Crippen LogP contribution in [0.5, 0.6) is 0 Å². The second kappa shape index (κ2) is 9.07. The van der Waals surface area contributed by atoms with Gasteiger partial charge in [-0.2, -0.15) is 0 Å². The fourth-order valence-corrected chi connectivity index (χ4v) is 3.68. The second-order valence-electron chi connectivity index (χ2n) is 6.93. The molecule has 0 amide bonds. The highest BCUT2D eigenvalue weighted by atomic mass is 15.1. The molecule has 0 spiro atoms. The van der Waals surface area contributed by atoms with Crippen molar-refractivity contribution in [2.45, 2.75) is 6.92 Å². The lowest BCUT2D eigenvalue weighted by Crippen LogP contribution is -2.16. The van der Waals surface area contributed by atoms with Gasteiger partial charge in [0.25, 0.3) is 0 Å². The fraction of sp³-hybridized carbons (Fsp3) is 0.0714. The van der Waals surface area contributed by atoms with Gasteiger partial charge in [-0.05, 0) is 53.5 Å². The number of benzene rings is 4.